The van der Waals surface area contributed by atoms with Crippen molar-refractivity contribution in [3.05, 3.63) is 71.8 Å². The van der Waals surface area contributed by atoms with Crippen LogP contribution in [0.5, 0.6) is 0 Å². The summed E-state index contributed by atoms with van der Waals surface area (Å²) < 4.78 is 31.7. The highest BCUT2D eigenvalue weighted by Crippen LogP contribution is 2.09. The van der Waals surface area contributed by atoms with Crippen molar-refractivity contribution < 1.29 is 57.2 Å². The zero-order valence-corrected chi connectivity index (χ0v) is 37.9. The highest BCUT2D eigenvalue weighted by molar-refractivity contribution is 5.86. The first kappa shape index (κ1) is 56.8. The lowest BCUT2D eigenvalue weighted by atomic mass is 10.1. The first-order chi connectivity index (χ1) is 30.7. The molecule has 360 valence electrons. The molecule has 0 fully saturated rings. The number of aryl methyl sites for hydroxylation is 1. The molecule has 0 saturated heterocycles. The normalized spacial score (nSPS) is 11.9. The second-order valence-corrected chi connectivity index (χ2v) is 15.4. The van der Waals surface area contributed by atoms with E-state index in [1.54, 1.807) is 0 Å². The predicted molar refractivity (Wildman–Crippen MR) is 240 cm³/mol. The maximum atomic E-state index is 12.5. The van der Waals surface area contributed by atoms with E-state index in [4.69, 9.17) is 45.6 Å². The van der Waals surface area contributed by atoms with Crippen molar-refractivity contribution in [2.45, 2.75) is 96.4 Å². The van der Waals surface area contributed by atoms with Crippen LogP contribution in [-0.2, 0) is 65.4 Å². The number of rotatable bonds is 34. The van der Waals surface area contributed by atoms with Crippen LogP contribution < -0.4 is 38.5 Å². The SMILES string of the molecule is CC(C)(C)OC(=O)CCCOCCOCCNC(=O)C(CCC(N)=O)NCCCc1ccccc1.NCCOCCOCCNC(=O)C(CCC(N)=O)NC(=O)OCc1ccccc1. The van der Waals surface area contributed by atoms with Crippen LogP contribution in [-0.4, -0.2) is 132 Å². The quantitative estimate of drug-likeness (QED) is 0.0390. The molecule has 0 aromatic heterocycles. The van der Waals surface area contributed by atoms with Crippen LogP contribution in [0.3, 0.4) is 0 Å². The number of hydrogen-bond donors (Lipinski definition) is 7. The number of esters is 1. The standard InChI is InChI=1S/C26H43N3O6.C19H30N4O6/c1-26(2,3)35-24(31)12-8-17-33-19-20-34-18-16-29-25(32)22(13-14-23(27)30)28-15-7-11-21-9-5-4-6-10-21;20-8-10-27-12-13-28-11-9-22-18(25)16(6-7-17(21)24)23-19(26)29-14-15-4-2-1-3-5-15/h4-6,9-10,22,28H,7-8,11-20H2,1-3H3,(H2,27,30)(H,29,32);1-5,16H,6-14,20H2,(H2,21,24)(H,22,25)(H,23,26). The van der Waals surface area contributed by atoms with E-state index in [1.165, 1.54) is 5.56 Å². The molecule has 2 unspecified atom stereocenters. The van der Waals surface area contributed by atoms with Gasteiger partial charge < -0.3 is 66.9 Å². The summed E-state index contributed by atoms with van der Waals surface area (Å²) in [6.45, 7) is 10.4. The smallest absolute Gasteiger partial charge is 0.408 e. The Balaban J connectivity index is 0.000000651. The van der Waals surface area contributed by atoms with E-state index in [2.05, 4.69) is 33.4 Å². The molecule has 0 aliphatic heterocycles. The summed E-state index contributed by atoms with van der Waals surface area (Å²) in [4.78, 5) is 70.6. The fourth-order valence-electron chi connectivity index (χ4n) is 5.47. The number of nitrogens with two attached hydrogens (primary N) is 3. The summed E-state index contributed by atoms with van der Waals surface area (Å²) in [5.41, 5.74) is 17.3. The van der Waals surface area contributed by atoms with Gasteiger partial charge in [0.2, 0.25) is 23.6 Å². The Labute approximate surface area is 377 Å². The van der Waals surface area contributed by atoms with E-state index >= 15 is 0 Å². The third-order valence-electron chi connectivity index (χ3n) is 8.56. The van der Waals surface area contributed by atoms with Crippen LogP contribution in [0.4, 0.5) is 4.79 Å². The molecule has 2 aromatic rings. The largest absolute Gasteiger partial charge is 0.460 e. The topological polar surface area (TPSA) is 284 Å². The highest BCUT2D eigenvalue weighted by Gasteiger charge is 2.22. The predicted octanol–water partition coefficient (Wildman–Crippen LogP) is 1.77. The molecule has 2 rings (SSSR count). The second kappa shape index (κ2) is 36.2. The number of ether oxygens (including phenoxy) is 6. The molecule has 10 N–H and O–H groups in total. The maximum Gasteiger partial charge on any atom is 0.408 e. The van der Waals surface area contributed by atoms with Crippen molar-refractivity contribution in [2.75, 3.05) is 79.0 Å². The molecule has 2 atom stereocenters. The maximum absolute atomic E-state index is 12.5. The average molecular weight is 904 g/mol. The molecule has 0 aliphatic carbocycles. The molecule has 19 heteroatoms. The zero-order valence-electron chi connectivity index (χ0n) is 37.9. The van der Waals surface area contributed by atoms with Gasteiger partial charge in [0.05, 0.1) is 52.3 Å². The van der Waals surface area contributed by atoms with Gasteiger partial charge in [-0.1, -0.05) is 60.7 Å². The number of hydrogen-bond acceptors (Lipinski definition) is 14. The van der Waals surface area contributed by atoms with Crippen molar-refractivity contribution in [3.8, 4) is 0 Å². The fraction of sp³-hybridized carbons (Fsp3) is 0.600. The monoisotopic (exact) mass is 904 g/mol. The lowest BCUT2D eigenvalue weighted by Gasteiger charge is -2.19. The minimum Gasteiger partial charge on any atom is -0.460 e. The Morgan fingerprint density at radius 3 is 1.62 bits per heavy atom. The summed E-state index contributed by atoms with van der Waals surface area (Å²) in [6.07, 6.45) is 2.46. The van der Waals surface area contributed by atoms with Crippen molar-refractivity contribution in [2.24, 2.45) is 17.2 Å². The van der Waals surface area contributed by atoms with Crippen LogP contribution >= 0.6 is 0 Å². The van der Waals surface area contributed by atoms with E-state index in [9.17, 15) is 28.8 Å². The average Bonchev–Trinajstić information content (AvgIpc) is 3.25. The van der Waals surface area contributed by atoms with Gasteiger partial charge >= 0.3 is 12.1 Å². The second-order valence-electron chi connectivity index (χ2n) is 15.4. The van der Waals surface area contributed by atoms with Gasteiger partial charge in [0, 0.05) is 45.5 Å². The molecule has 0 heterocycles. The van der Waals surface area contributed by atoms with Gasteiger partial charge in [-0.2, -0.15) is 0 Å². The van der Waals surface area contributed by atoms with Gasteiger partial charge in [0.25, 0.3) is 0 Å². The van der Waals surface area contributed by atoms with Gasteiger partial charge in [0.15, 0.2) is 0 Å². The summed E-state index contributed by atoms with van der Waals surface area (Å²) in [7, 11) is 0. The molecule has 0 bridgehead atoms. The Morgan fingerprint density at radius 1 is 0.594 bits per heavy atom. The van der Waals surface area contributed by atoms with E-state index in [0.29, 0.717) is 85.1 Å². The fourth-order valence-corrected chi connectivity index (χ4v) is 5.47. The van der Waals surface area contributed by atoms with Crippen LogP contribution in [0.1, 0.15) is 76.8 Å². The van der Waals surface area contributed by atoms with Crippen molar-refractivity contribution in [3.63, 3.8) is 0 Å². The van der Waals surface area contributed by atoms with Crippen LogP contribution in [0.15, 0.2) is 60.7 Å². The van der Waals surface area contributed by atoms with Gasteiger partial charge in [-0.3, -0.25) is 24.0 Å². The van der Waals surface area contributed by atoms with E-state index in [1.807, 2.05) is 69.3 Å². The summed E-state index contributed by atoms with van der Waals surface area (Å²) in [5.74, 6) is -1.85. The Kier molecular flexibility index (Phi) is 32.1. The molecule has 5 amide bonds. The summed E-state index contributed by atoms with van der Waals surface area (Å²) in [6, 6.07) is 17.8. The Morgan fingerprint density at radius 2 is 1.09 bits per heavy atom. The van der Waals surface area contributed by atoms with Gasteiger partial charge in [-0.25, -0.2) is 4.79 Å². The van der Waals surface area contributed by atoms with E-state index < -0.39 is 41.5 Å². The molecule has 0 saturated carbocycles. The molecular weight excluding hydrogens is 831 g/mol. The molecule has 64 heavy (non-hydrogen) atoms. The molecule has 0 radical (unpaired) electrons. The Bertz CT molecular complexity index is 1580. The van der Waals surface area contributed by atoms with Crippen LogP contribution in [0.25, 0.3) is 0 Å². The van der Waals surface area contributed by atoms with Gasteiger partial charge in [0.1, 0.15) is 18.2 Å². The van der Waals surface area contributed by atoms with Crippen molar-refractivity contribution >= 4 is 35.7 Å². The van der Waals surface area contributed by atoms with Gasteiger partial charge in [-0.05, 0) is 70.5 Å². The number of carbonyl (C=O) groups excluding carboxylic acids is 6. The zero-order chi connectivity index (χ0) is 47.3. The third kappa shape index (κ3) is 33.4. The van der Waals surface area contributed by atoms with Crippen molar-refractivity contribution in [1.29, 1.82) is 0 Å². The lowest BCUT2D eigenvalue weighted by Crippen LogP contribution is -2.48. The number of alkyl carbamates (subject to hydrolysis) is 1. The third-order valence-corrected chi connectivity index (χ3v) is 8.56. The molecule has 19 nitrogen and oxygen atoms in total. The number of amides is 5. The number of nitrogens with one attached hydrogen (secondary N) is 4. The first-order valence-electron chi connectivity index (χ1n) is 21.8. The first-order valence-corrected chi connectivity index (χ1v) is 21.8. The number of primary amides is 2. The highest BCUT2D eigenvalue weighted by atomic mass is 16.6. The lowest BCUT2D eigenvalue weighted by molar-refractivity contribution is -0.155. The molecular formula is C45H73N7O12. The summed E-state index contributed by atoms with van der Waals surface area (Å²) in [5, 5.41) is 11.2. The Hall–Kier alpha value is -5.18. The van der Waals surface area contributed by atoms with Crippen molar-refractivity contribution in [1.82, 2.24) is 21.3 Å². The molecule has 2 aromatic carbocycles. The summed E-state index contributed by atoms with van der Waals surface area (Å²) >= 11 is 0. The minimum atomic E-state index is -0.946. The van der Waals surface area contributed by atoms with Gasteiger partial charge in [-0.15, -0.1) is 0 Å². The molecule has 0 aliphatic rings. The van der Waals surface area contributed by atoms with Crippen LogP contribution in [0, 0.1) is 0 Å². The minimum absolute atomic E-state index is 0.0496. The molecule has 0 spiro atoms. The van der Waals surface area contributed by atoms with E-state index in [-0.39, 0.29) is 50.9 Å². The van der Waals surface area contributed by atoms with Crippen LogP contribution in [0.2, 0.25) is 0 Å². The van der Waals surface area contributed by atoms with E-state index in [0.717, 1.165) is 18.4 Å². The number of benzene rings is 2. The number of carbonyl (C=O) groups is 6.